The Kier molecular flexibility index (Phi) is 4.16. The highest BCUT2D eigenvalue weighted by Crippen LogP contribution is 2.31. The molecule has 0 aliphatic carbocycles. The highest BCUT2D eigenvalue weighted by molar-refractivity contribution is 6.01. The average molecular weight is 389 g/mol. The fourth-order valence-electron chi connectivity index (χ4n) is 3.40. The molecule has 0 unspecified atom stereocenters. The van der Waals surface area contributed by atoms with Crippen molar-refractivity contribution in [2.24, 2.45) is 0 Å². The predicted octanol–water partition coefficient (Wildman–Crippen LogP) is 3.21. The lowest BCUT2D eigenvalue weighted by Gasteiger charge is -2.18. The molecular weight excluding hydrogens is 370 g/mol. The van der Waals surface area contributed by atoms with Crippen LogP contribution in [0.2, 0.25) is 0 Å². The van der Waals surface area contributed by atoms with E-state index in [9.17, 15) is 4.79 Å². The topological polar surface area (TPSA) is 105 Å². The number of nitrogens with zero attached hydrogens (tertiary/aromatic N) is 2. The summed E-state index contributed by atoms with van der Waals surface area (Å²) in [5.41, 5.74) is 3.58. The summed E-state index contributed by atoms with van der Waals surface area (Å²) in [5.74, 6) is 2.57. The lowest BCUT2D eigenvalue weighted by molar-refractivity contribution is -0.115. The van der Waals surface area contributed by atoms with Crippen molar-refractivity contribution in [3.05, 3.63) is 54.0 Å². The molecular formula is C21H19N5O3. The fraction of sp³-hybridized carbons (Fsp3) is 0.190. The van der Waals surface area contributed by atoms with Crippen LogP contribution in [0.25, 0.3) is 22.2 Å². The Labute approximate surface area is 166 Å². The molecule has 29 heavy (non-hydrogen) atoms. The molecule has 0 saturated heterocycles. The maximum Gasteiger partial charge on any atom is 0.230 e. The third-order valence-corrected chi connectivity index (χ3v) is 4.81. The molecule has 5 rings (SSSR count). The van der Waals surface area contributed by atoms with Crippen molar-refractivity contribution in [3.8, 4) is 22.8 Å². The van der Waals surface area contributed by atoms with Gasteiger partial charge in [0.25, 0.3) is 0 Å². The number of rotatable bonds is 4. The van der Waals surface area contributed by atoms with E-state index in [1.165, 1.54) is 0 Å². The molecule has 0 atom stereocenters. The summed E-state index contributed by atoms with van der Waals surface area (Å²) in [4.78, 5) is 20.1. The second-order valence-corrected chi connectivity index (χ2v) is 6.92. The highest BCUT2D eigenvalue weighted by Gasteiger charge is 2.15. The fourth-order valence-corrected chi connectivity index (χ4v) is 3.40. The number of H-pyrrole nitrogens is 2. The van der Waals surface area contributed by atoms with Gasteiger partial charge in [0.15, 0.2) is 17.3 Å². The lowest BCUT2D eigenvalue weighted by Crippen LogP contribution is -2.17. The Morgan fingerprint density at radius 2 is 2.00 bits per heavy atom. The number of carbonyl (C=O) groups excluding carboxylic acids is 1. The van der Waals surface area contributed by atoms with E-state index in [0.29, 0.717) is 30.5 Å². The minimum absolute atomic E-state index is 0.155. The summed E-state index contributed by atoms with van der Waals surface area (Å²) in [7, 11) is 0. The minimum Gasteiger partial charge on any atom is -0.486 e. The number of hydrogen-bond acceptors (Lipinski definition) is 5. The second kappa shape index (κ2) is 6.97. The largest absolute Gasteiger partial charge is 0.486 e. The molecule has 1 aliphatic heterocycles. The van der Waals surface area contributed by atoms with E-state index >= 15 is 0 Å². The van der Waals surface area contributed by atoms with Crippen molar-refractivity contribution in [1.29, 1.82) is 0 Å². The van der Waals surface area contributed by atoms with E-state index in [1.807, 2.05) is 43.3 Å². The molecule has 0 radical (unpaired) electrons. The highest BCUT2D eigenvalue weighted by atomic mass is 16.6. The van der Waals surface area contributed by atoms with Gasteiger partial charge >= 0.3 is 0 Å². The lowest BCUT2D eigenvalue weighted by atomic mass is 10.1. The number of aromatic amines is 2. The van der Waals surface area contributed by atoms with Crippen LogP contribution in [0.15, 0.2) is 42.6 Å². The summed E-state index contributed by atoms with van der Waals surface area (Å²) in [6.45, 7) is 2.96. The molecule has 146 valence electrons. The molecule has 2 aromatic heterocycles. The third-order valence-electron chi connectivity index (χ3n) is 4.81. The van der Waals surface area contributed by atoms with Gasteiger partial charge in [-0.1, -0.05) is 12.1 Å². The zero-order valence-corrected chi connectivity index (χ0v) is 15.8. The van der Waals surface area contributed by atoms with E-state index in [2.05, 4.69) is 25.5 Å². The molecule has 0 fully saturated rings. The predicted molar refractivity (Wildman–Crippen MR) is 108 cm³/mol. The Balaban J connectivity index is 1.36. The van der Waals surface area contributed by atoms with Gasteiger partial charge in [0.2, 0.25) is 5.91 Å². The average Bonchev–Trinajstić information content (AvgIpc) is 3.34. The van der Waals surface area contributed by atoms with Crippen LogP contribution in [-0.4, -0.2) is 39.3 Å². The number of imidazole rings is 1. The number of ether oxygens (including phenoxy) is 2. The van der Waals surface area contributed by atoms with E-state index in [1.54, 1.807) is 6.20 Å². The van der Waals surface area contributed by atoms with Crippen LogP contribution in [-0.2, 0) is 11.2 Å². The van der Waals surface area contributed by atoms with Crippen LogP contribution in [0.4, 0.5) is 5.82 Å². The van der Waals surface area contributed by atoms with Crippen LogP contribution in [0.5, 0.6) is 11.5 Å². The van der Waals surface area contributed by atoms with Gasteiger partial charge in [0, 0.05) is 10.9 Å². The van der Waals surface area contributed by atoms with Crippen LogP contribution in [0.1, 0.15) is 11.4 Å². The molecule has 8 heteroatoms. The number of hydrogen-bond donors (Lipinski definition) is 3. The number of aromatic nitrogens is 4. The van der Waals surface area contributed by atoms with Crippen molar-refractivity contribution < 1.29 is 14.3 Å². The number of nitrogens with one attached hydrogen (secondary N) is 3. The van der Waals surface area contributed by atoms with Crippen molar-refractivity contribution in [2.75, 3.05) is 18.5 Å². The van der Waals surface area contributed by atoms with Crippen molar-refractivity contribution >= 4 is 22.6 Å². The SMILES string of the molecule is Cc1ncc(-c2ccc3[nH]nc(NC(=O)Cc4ccc5c(c4)OCCO5)c3c2)[nH]1. The maximum absolute atomic E-state index is 12.6. The van der Waals surface area contributed by atoms with Crippen molar-refractivity contribution in [3.63, 3.8) is 0 Å². The first-order chi connectivity index (χ1) is 14.2. The Hall–Kier alpha value is -3.81. The Morgan fingerprint density at radius 3 is 2.83 bits per heavy atom. The van der Waals surface area contributed by atoms with Crippen LogP contribution in [0.3, 0.4) is 0 Å². The van der Waals surface area contributed by atoms with Gasteiger partial charge in [-0.05, 0) is 36.8 Å². The standard InChI is InChI=1S/C21H19N5O3/c1-12-22-11-17(23-12)14-3-4-16-15(10-14)21(26-25-16)24-20(27)9-13-2-5-18-19(8-13)29-7-6-28-18/h2-5,8,10-11H,6-7,9H2,1H3,(H,22,23)(H2,24,25,26,27). The molecule has 0 saturated carbocycles. The summed E-state index contributed by atoms with van der Waals surface area (Å²) in [6, 6.07) is 11.4. The molecule has 2 aromatic carbocycles. The molecule has 1 aliphatic rings. The summed E-state index contributed by atoms with van der Waals surface area (Å²) < 4.78 is 11.1. The van der Waals surface area contributed by atoms with E-state index in [4.69, 9.17) is 9.47 Å². The Morgan fingerprint density at radius 1 is 1.14 bits per heavy atom. The van der Waals surface area contributed by atoms with Crippen LogP contribution < -0.4 is 14.8 Å². The number of benzene rings is 2. The molecule has 3 heterocycles. The number of amides is 1. The second-order valence-electron chi connectivity index (χ2n) is 6.92. The zero-order valence-electron chi connectivity index (χ0n) is 15.8. The molecule has 1 amide bonds. The molecule has 4 aromatic rings. The molecule has 8 nitrogen and oxygen atoms in total. The summed E-state index contributed by atoms with van der Waals surface area (Å²) >= 11 is 0. The van der Waals surface area contributed by atoms with E-state index in [0.717, 1.165) is 33.5 Å². The zero-order chi connectivity index (χ0) is 19.8. The van der Waals surface area contributed by atoms with Gasteiger partial charge in [-0.3, -0.25) is 9.89 Å². The van der Waals surface area contributed by atoms with Gasteiger partial charge in [-0.15, -0.1) is 0 Å². The van der Waals surface area contributed by atoms with Crippen LogP contribution >= 0.6 is 0 Å². The first-order valence-electron chi connectivity index (χ1n) is 9.34. The van der Waals surface area contributed by atoms with E-state index < -0.39 is 0 Å². The molecule has 0 spiro atoms. The monoisotopic (exact) mass is 389 g/mol. The van der Waals surface area contributed by atoms with Gasteiger partial charge < -0.3 is 19.8 Å². The number of carbonyl (C=O) groups is 1. The summed E-state index contributed by atoms with van der Waals surface area (Å²) in [5, 5.41) is 11.0. The Bertz CT molecular complexity index is 1210. The third kappa shape index (κ3) is 3.40. The van der Waals surface area contributed by atoms with E-state index in [-0.39, 0.29) is 12.3 Å². The quantitative estimate of drug-likeness (QED) is 0.497. The first kappa shape index (κ1) is 17.3. The number of anilines is 1. The molecule has 0 bridgehead atoms. The summed E-state index contributed by atoms with van der Waals surface area (Å²) in [6.07, 6.45) is 2.00. The first-order valence-corrected chi connectivity index (χ1v) is 9.34. The smallest absolute Gasteiger partial charge is 0.230 e. The number of fused-ring (bicyclic) bond motifs is 2. The van der Waals surface area contributed by atoms with Gasteiger partial charge in [0.05, 0.1) is 23.8 Å². The van der Waals surface area contributed by atoms with Gasteiger partial charge in [-0.2, -0.15) is 5.10 Å². The maximum atomic E-state index is 12.6. The normalized spacial score (nSPS) is 12.9. The van der Waals surface area contributed by atoms with Crippen molar-refractivity contribution in [2.45, 2.75) is 13.3 Å². The molecule has 3 N–H and O–H groups in total. The van der Waals surface area contributed by atoms with Gasteiger partial charge in [0.1, 0.15) is 19.0 Å². The van der Waals surface area contributed by atoms with Crippen LogP contribution in [0, 0.1) is 6.92 Å². The van der Waals surface area contributed by atoms with Gasteiger partial charge in [-0.25, -0.2) is 4.98 Å². The number of aryl methyl sites for hydroxylation is 1. The minimum atomic E-state index is -0.155. The van der Waals surface area contributed by atoms with Crippen molar-refractivity contribution in [1.82, 2.24) is 20.2 Å².